The number of hydrogen-bond donors (Lipinski definition) is 1. The molecule has 5 heteroatoms. The van der Waals surface area contributed by atoms with E-state index in [0.29, 0.717) is 6.04 Å². The van der Waals surface area contributed by atoms with Crippen LogP contribution in [-0.4, -0.2) is 15.9 Å². The molecular weight excluding hydrogens is 254 g/mol. The van der Waals surface area contributed by atoms with E-state index in [0.717, 1.165) is 23.2 Å². The second kappa shape index (κ2) is 5.38. The van der Waals surface area contributed by atoms with Gasteiger partial charge in [0.1, 0.15) is 0 Å². The molecule has 1 saturated carbocycles. The van der Waals surface area contributed by atoms with Crippen molar-refractivity contribution in [2.75, 3.05) is 0 Å². The molecule has 0 amide bonds. The van der Waals surface area contributed by atoms with Crippen LogP contribution in [0.4, 0.5) is 5.69 Å². The molecule has 1 heterocycles. The number of nitrogens with zero attached hydrogens (tertiary/aromatic N) is 2. The zero-order valence-corrected chi connectivity index (χ0v) is 11.0. The third-order valence-electron chi connectivity index (χ3n) is 3.36. The number of nitrogens with one attached hydrogen (secondary N) is 1. The van der Waals surface area contributed by atoms with Crippen LogP contribution in [0.25, 0.3) is 11.1 Å². The second-order valence-electron chi connectivity index (χ2n) is 5.04. The zero-order valence-electron chi connectivity index (χ0n) is 11.0. The number of nitro benzene ring substituents is 1. The van der Waals surface area contributed by atoms with Gasteiger partial charge in [0.25, 0.3) is 5.69 Å². The maximum Gasteiger partial charge on any atom is 0.270 e. The van der Waals surface area contributed by atoms with E-state index in [4.69, 9.17) is 0 Å². The fourth-order valence-corrected chi connectivity index (χ4v) is 2.09. The van der Waals surface area contributed by atoms with E-state index in [1.807, 2.05) is 18.3 Å². The van der Waals surface area contributed by atoms with E-state index in [1.165, 1.54) is 18.9 Å². The molecule has 20 heavy (non-hydrogen) atoms. The lowest BCUT2D eigenvalue weighted by molar-refractivity contribution is -0.384. The molecule has 0 saturated heterocycles. The Morgan fingerprint density at radius 2 is 2.10 bits per heavy atom. The highest BCUT2D eigenvalue weighted by Crippen LogP contribution is 2.24. The van der Waals surface area contributed by atoms with Crippen LogP contribution in [-0.2, 0) is 6.54 Å². The summed E-state index contributed by atoms with van der Waals surface area (Å²) in [4.78, 5) is 14.7. The minimum absolute atomic E-state index is 0.101. The smallest absolute Gasteiger partial charge is 0.270 e. The van der Waals surface area contributed by atoms with Gasteiger partial charge in [0, 0.05) is 42.7 Å². The Bertz CT molecular complexity index is 639. The quantitative estimate of drug-likeness (QED) is 0.669. The molecule has 0 spiro atoms. The Hall–Kier alpha value is -2.27. The van der Waals surface area contributed by atoms with Gasteiger partial charge in [0.15, 0.2) is 0 Å². The van der Waals surface area contributed by atoms with Crippen molar-refractivity contribution < 1.29 is 4.92 Å². The number of benzene rings is 1. The van der Waals surface area contributed by atoms with Crippen LogP contribution in [0.3, 0.4) is 0 Å². The topological polar surface area (TPSA) is 68.1 Å². The Morgan fingerprint density at radius 3 is 2.85 bits per heavy atom. The number of rotatable bonds is 5. The van der Waals surface area contributed by atoms with Crippen molar-refractivity contribution >= 4 is 5.69 Å². The number of hydrogen-bond acceptors (Lipinski definition) is 4. The Balaban J connectivity index is 1.83. The van der Waals surface area contributed by atoms with Crippen molar-refractivity contribution in [2.45, 2.75) is 25.4 Å². The molecule has 0 bridgehead atoms. The van der Waals surface area contributed by atoms with Crippen LogP contribution in [0.15, 0.2) is 42.7 Å². The average Bonchev–Trinajstić information content (AvgIpc) is 3.30. The zero-order chi connectivity index (χ0) is 13.9. The number of nitro groups is 1. The summed E-state index contributed by atoms with van der Waals surface area (Å²) in [6, 6.07) is 9.31. The largest absolute Gasteiger partial charge is 0.310 e. The second-order valence-corrected chi connectivity index (χ2v) is 5.04. The highest BCUT2D eigenvalue weighted by atomic mass is 16.6. The monoisotopic (exact) mass is 269 g/mol. The lowest BCUT2D eigenvalue weighted by Crippen LogP contribution is -2.15. The fourth-order valence-electron chi connectivity index (χ4n) is 2.09. The van der Waals surface area contributed by atoms with Crippen molar-refractivity contribution in [3.63, 3.8) is 0 Å². The highest BCUT2D eigenvalue weighted by Gasteiger charge is 2.20. The Labute approximate surface area is 116 Å². The summed E-state index contributed by atoms with van der Waals surface area (Å²) in [6.45, 7) is 0.792. The van der Waals surface area contributed by atoms with Gasteiger partial charge in [-0.15, -0.1) is 0 Å². The maximum absolute atomic E-state index is 10.8. The summed E-state index contributed by atoms with van der Waals surface area (Å²) in [5, 5.41) is 14.2. The fraction of sp³-hybridized carbons (Fsp3) is 0.267. The van der Waals surface area contributed by atoms with E-state index in [1.54, 1.807) is 18.3 Å². The molecule has 1 N–H and O–H groups in total. The summed E-state index contributed by atoms with van der Waals surface area (Å²) in [5.74, 6) is 0. The van der Waals surface area contributed by atoms with Crippen LogP contribution in [0.5, 0.6) is 0 Å². The highest BCUT2D eigenvalue weighted by molar-refractivity contribution is 5.65. The van der Waals surface area contributed by atoms with Crippen molar-refractivity contribution in [3.8, 4) is 11.1 Å². The minimum Gasteiger partial charge on any atom is -0.310 e. The first kappa shape index (κ1) is 12.7. The molecule has 3 rings (SSSR count). The van der Waals surface area contributed by atoms with Crippen LogP contribution in [0.2, 0.25) is 0 Å². The van der Waals surface area contributed by atoms with Gasteiger partial charge in [-0.1, -0.05) is 12.1 Å². The Morgan fingerprint density at radius 1 is 1.25 bits per heavy atom. The van der Waals surface area contributed by atoms with Gasteiger partial charge >= 0.3 is 0 Å². The standard InChI is InChI=1S/C15H15N3O2/c19-18(20)15-3-1-2-12(7-15)13-6-11(8-16-10-13)9-17-14-4-5-14/h1-3,6-8,10,14,17H,4-5,9H2. The molecule has 1 fully saturated rings. The molecule has 102 valence electrons. The van der Waals surface area contributed by atoms with Crippen molar-refractivity contribution in [1.29, 1.82) is 0 Å². The SMILES string of the molecule is O=[N+]([O-])c1cccc(-c2cncc(CNC3CC3)c2)c1. The number of non-ortho nitro benzene ring substituents is 1. The van der Waals surface area contributed by atoms with Gasteiger partial charge in [-0.3, -0.25) is 15.1 Å². The van der Waals surface area contributed by atoms with Crippen LogP contribution >= 0.6 is 0 Å². The van der Waals surface area contributed by atoms with Gasteiger partial charge in [-0.25, -0.2) is 0 Å². The average molecular weight is 269 g/mol. The molecule has 1 aromatic carbocycles. The third-order valence-corrected chi connectivity index (χ3v) is 3.36. The van der Waals surface area contributed by atoms with E-state index < -0.39 is 0 Å². The molecule has 1 aliphatic rings. The molecular formula is C15H15N3O2. The summed E-state index contributed by atoms with van der Waals surface area (Å²) >= 11 is 0. The number of aromatic nitrogens is 1. The normalized spacial score (nSPS) is 14.2. The summed E-state index contributed by atoms with van der Waals surface area (Å²) in [5.41, 5.74) is 2.92. The first-order chi connectivity index (χ1) is 9.72. The minimum atomic E-state index is -0.380. The third kappa shape index (κ3) is 3.00. The summed E-state index contributed by atoms with van der Waals surface area (Å²) in [6.07, 6.45) is 6.06. The predicted molar refractivity (Wildman–Crippen MR) is 76.2 cm³/mol. The van der Waals surface area contributed by atoms with Crippen molar-refractivity contribution in [2.24, 2.45) is 0 Å². The first-order valence-electron chi connectivity index (χ1n) is 6.64. The molecule has 5 nitrogen and oxygen atoms in total. The maximum atomic E-state index is 10.8. The van der Waals surface area contributed by atoms with Crippen LogP contribution in [0.1, 0.15) is 18.4 Å². The van der Waals surface area contributed by atoms with Gasteiger partial charge in [0.05, 0.1) is 4.92 Å². The van der Waals surface area contributed by atoms with E-state index >= 15 is 0 Å². The van der Waals surface area contributed by atoms with Crippen LogP contribution < -0.4 is 5.32 Å². The lowest BCUT2D eigenvalue weighted by Gasteiger charge is -2.06. The van der Waals surface area contributed by atoms with Crippen LogP contribution in [0, 0.1) is 10.1 Å². The van der Waals surface area contributed by atoms with Gasteiger partial charge in [0.2, 0.25) is 0 Å². The number of pyridine rings is 1. The predicted octanol–water partition coefficient (Wildman–Crippen LogP) is 2.91. The Kier molecular flexibility index (Phi) is 3.43. The molecule has 0 atom stereocenters. The lowest BCUT2D eigenvalue weighted by atomic mass is 10.1. The molecule has 1 aliphatic carbocycles. The molecule has 0 unspecified atom stereocenters. The van der Waals surface area contributed by atoms with Crippen molar-refractivity contribution in [1.82, 2.24) is 10.3 Å². The van der Waals surface area contributed by atoms with E-state index in [-0.39, 0.29) is 10.6 Å². The van der Waals surface area contributed by atoms with E-state index in [2.05, 4.69) is 10.3 Å². The molecule has 0 aliphatic heterocycles. The van der Waals surface area contributed by atoms with Gasteiger partial charge in [-0.2, -0.15) is 0 Å². The van der Waals surface area contributed by atoms with Gasteiger partial charge < -0.3 is 5.32 Å². The molecule has 0 radical (unpaired) electrons. The summed E-state index contributed by atoms with van der Waals surface area (Å²) < 4.78 is 0. The summed E-state index contributed by atoms with van der Waals surface area (Å²) in [7, 11) is 0. The molecule has 2 aromatic rings. The molecule has 1 aromatic heterocycles. The van der Waals surface area contributed by atoms with Crippen molar-refractivity contribution in [3.05, 3.63) is 58.4 Å². The van der Waals surface area contributed by atoms with E-state index in [9.17, 15) is 10.1 Å². The first-order valence-corrected chi connectivity index (χ1v) is 6.64. The van der Waals surface area contributed by atoms with Gasteiger partial charge in [-0.05, 0) is 30.0 Å².